The number of halogens is 1. The van der Waals surface area contributed by atoms with Crippen LogP contribution in [-0.2, 0) is 6.54 Å². The van der Waals surface area contributed by atoms with Crippen LogP contribution in [0.15, 0.2) is 87.5 Å². The Labute approximate surface area is 200 Å². The zero-order valence-corrected chi connectivity index (χ0v) is 19.2. The Balaban J connectivity index is 1.64. The summed E-state index contributed by atoms with van der Waals surface area (Å²) in [6.07, 6.45) is 7.13. The van der Waals surface area contributed by atoms with Gasteiger partial charge in [0.25, 0.3) is 0 Å². The van der Waals surface area contributed by atoms with Gasteiger partial charge in [0, 0.05) is 29.4 Å². The molecule has 0 saturated carbocycles. The summed E-state index contributed by atoms with van der Waals surface area (Å²) >= 11 is 1.47. The third kappa shape index (κ3) is 5.30. The number of nitrogens with two attached hydrogens (primary N) is 1. The van der Waals surface area contributed by atoms with Gasteiger partial charge in [-0.05, 0) is 24.9 Å². The summed E-state index contributed by atoms with van der Waals surface area (Å²) < 4.78 is 16.0. The van der Waals surface area contributed by atoms with Crippen molar-refractivity contribution < 1.29 is 4.39 Å². The fourth-order valence-corrected chi connectivity index (χ4v) is 3.82. The molecule has 10 heteroatoms. The van der Waals surface area contributed by atoms with Crippen molar-refractivity contribution in [2.75, 3.05) is 13.1 Å². The highest BCUT2D eigenvalue weighted by Gasteiger charge is 2.17. The molecule has 0 saturated heterocycles. The van der Waals surface area contributed by atoms with E-state index < -0.39 is 0 Å². The van der Waals surface area contributed by atoms with E-state index in [0.29, 0.717) is 35.0 Å². The maximum atomic E-state index is 14.3. The van der Waals surface area contributed by atoms with Gasteiger partial charge in [0.1, 0.15) is 16.5 Å². The van der Waals surface area contributed by atoms with Crippen LogP contribution in [-0.4, -0.2) is 46.1 Å². The normalized spacial score (nSPS) is 13.8. The number of rotatable bonds is 9. The summed E-state index contributed by atoms with van der Waals surface area (Å²) in [5.74, 6) is -0.00378. The number of thiazole rings is 1. The minimum atomic E-state index is -0.299. The number of allylic oxidation sites excluding steroid dienone is 1. The fraction of sp³-hybridized carbons (Fsp3) is 0.125. The first-order valence-corrected chi connectivity index (χ1v) is 11.3. The Morgan fingerprint density at radius 2 is 2.21 bits per heavy atom. The van der Waals surface area contributed by atoms with E-state index in [1.54, 1.807) is 35.3 Å². The molecule has 0 unspecified atom stereocenters. The van der Waals surface area contributed by atoms with Crippen LogP contribution < -0.4 is 11.1 Å². The van der Waals surface area contributed by atoms with Gasteiger partial charge < -0.3 is 11.1 Å². The van der Waals surface area contributed by atoms with E-state index in [1.165, 1.54) is 17.4 Å². The van der Waals surface area contributed by atoms with Crippen molar-refractivity contribution >= 4 is 35.3 Å². The van der Waals surface area contributed by atoms with Crippen molar-refractivity contribution in [2.24, 2.45) is 20.7 Å². The van der Waals surface area contributed by atoms with Gasteiger partial charge in [-0.25, -0.2) is 19.4 Å². The highest BCUT2D eigenvalue weighted by Crippen LogP contribution is 2.17. The van der Waals surface area contributed by atoms with Crippen LogP contribution in [0, 0.1) is 5.82 Å². The lowest BCUT2D eigenvalue weighted by Gasteiger charge is -2.08. The van der Waals surface area contributed by atoms with Gasteiger partial charge in [-0.2, -0.15) is 5.10 Å². The molecule has 1 aliphatic rings. The molecule has 8 nitrogen and oxygen atoms in total. The molecular formula is C24H23FN8S. The van der Waals surface area contributed by atoms with Crippen molar-refractivity contribution in [1.29, 1.82) is 0 Å². The standard InChI is InChI=1S/C24H23FN8S/c1-16(24-29-10-11-34-24)31-18(13-26)14-30-23(27-2)21-12-22(20-8-5-9-28-20)33(32-21)15-17-6-3-4-7-19(17)25/h3-8,10-12,14,31H,1-2,9,13,15,26H2/b18-14+,30-23-. The van der Waals surface area contributed by atoms with Gasteiger partial charge in [0.05, 0.1) is 36.4 Å². The molecule has 34 heavy (non-hydrogen) atoms. The Morgan fingerprint density at radius 1 is 1.35 bits per heavy atom. The predicted molar refractivity (Wildman–Crippen MR) is 136 cm³/mol. The number of hydrogen-bond donors (Lipinski definition) is 2. The summed E-state index contributed by atoms with van der Waals surface area (Å²) in [6.45, 7) is 8.65. The van der Waals surface area contributed by atoms with Crippen LogP contribution in [0.1, 0.15) is 22.0 Å². The second kappa shape index (κ2) is 10.7. The number of aliphatic imine (C=N–C) groups is 3. The van der Waals surface area contributed by atoms with Crippen LogP contribution in [0.3, 0.4) is 0 Å². The third-order valence-electron chi connectivity index (χ3n) is 4.91. The molecule has 172 valence electrons. The number of hydrogen-bond acceptors (Lipinski definition) is 7. The summed E-state index contributed by atoms with van der Waals surface area (Å²) in [5.41, 5.74) is 9.61. The van der Waals surface area contributed by atoms with E-state index in [-0.39, 0.29) is 18.9 Å². The molecule has 0 amide bonds. The first-order chi connectivity index (χ1) is 16.6. The highest BCUT2D eigenvalue weighted by molar-refractivity contribution is 7.10. The Bertz CT molecular complexity index is 1310. The Morgan fingerprint density at radius 3 is 2.88 bits per heavy atom. The van der Waals surface area contributed by atoms with Gasteiger partial charge in [0.15, 0.2) is 5.84 Å². The molecule has 0 fully saturated rings. The Kier molecular flexibility index (Phi) is 7.31. The molecule has 0 atom stereocenters. The molecule has 4 rings (SSSR count). The van der Waals surface area contributed by atoms with E-state index in [9.17, 15) is 4.39 Å². The number of nitrogens with one attached hydrogen (secondary N) is 1. The molecule has 0 radical (unpaired) electrons. The lowest BCUT2D eigenvalue weighted by Crippen LogP contribution is -2.18. The average Bonchev–Trinajstić information content (AvgIpc) is 3.62. The van der Waals surface area contributed by atoms with Crippen molar-refractivity contribution in [3.8, 4) is 0 Å². The van der Waals surface area contributed by atoms with Gasteiger partial charge >= 0.3 is 0 Å². The SMILES string of the molecule is C=N/C(=N\C=C(/CN)NC(=C)c1nccs1)c1cc(C2=NCC=C2)n(Cc2ccccc2F)n1. The zero-order valence-electron chi connectivity index (χ0n) is 18.4. The minimum absolute atomic E-state index is 0.201. The summed E-state index contributed by atoms with van der Waals surface area (Å²) in [7, 11) is 0. The van der Waals surface area contributed by atoms with Crippen molar-refractivity contribution in [1.82, 2.24) is 20.1 Å². The van der Waals surface area contributed by atoms with Gasteiger partial charge in [0.2, 0.25) is 0 Å². The summed E-state index contributed by atoms with van der Waals surface area (Å²) in [5, 5.41) is 10.4. The van der Waals surface area contributed by atoms with Crippen molar-refractivity contribution in [2.45, 2.75) is 6.54 Å². The lowest BCUT2D eigenvalue weighted by molar-refractivity contribution is 0.583. The predicted octanol–water partition coefficient (Wildman–Crippen LogP) is 3.39. The molecule has 0 aliphatic carbocycles. The maximum Gasteiger partial charge on any atom is 0.179 e. The van der Waals surface area contributed by atoms with E-state index in [0.717, 1.165) is 16.4 Å². The van der Waals surface area contributed by atoms with E-state index in [2.05, 4.69) is 43.7 Å². The first-order valence-electron chi connectivity index (χ1n) is 10.4. The third-order valence-corrected chi connectivity index (χ3v) is 5.74. The average molecular weight is 475 g/mol. The quantitative estimate of drug-likeness (QED) is 0.366. The molecular weight excluding hydrogens is 451 g/mol. The molecule has 0 bridgehead atoms. The second-order valence-electron chi connectivity index (χ2n) is 7.20. The molecule has 1 aliphatic heterocycles. The largest absolute Gasteiger partial charge is 0.355 e. The second-order valence-corrected chi connectivity index (χ2v) is 8.10. The molecule has 3 N–H and O–H groups in total. The van der Waals surface area contributed by atoms with Crippen molar-refractivity contribution in [3.63, 3.8) is 0 Å². The molecule has 3 aromatic rings. The maximum absolute atomic E-state index is 14.3. The van der Waals surface area contributed by atoms with Crippen LogP contribution in [0.5, 0.6) is 0 Å². The van der Waals surface area contributed by atoms with Gasteiger partial charge in [-0.1, -0.05) is 30.9 Å². The van der Waals surface area contributed by atoms with Crippen LogP contribution in [0.4, 0.5) is 4.39 Å². The van der Waals surface area contributed by atoms with Crippen molar-refractivity contribution in [3.05, 3.63) is 100 Å². The fourth-order valence-electron chi connectivity index (χ4n) is 3.26. The number of aromatic nitrogens is 3. The van der Waals surface area contributed by atoms with Crippen LogP contribution >= 0.6 is 11.3 Å². The molecule has 1 aromatic carbocycles. The smallest absolute Gasteiger partial charge is 0.179 e. The minimum Gasteiger partial charge on any atom is -0.355 e. The number of benzene rings is 1. The first kappa shape index (κ1) is 23.1. The van der Waals surface area contributed by atoms with Crippen LogP contribution in [0.25, 0.3) is 5.70 Å². The van der Waals surface area contributed by atoms with E-state index in [1.807, 2.05) is 23.6 Å². The molecule has 2 aromatic heterocycles. The zero-order chi connectivity index (χ0) is 23.9. The number of amidine groups is 1. The van der Waals surface area contributed by atoms with Crippen LogP contribution in [0.2, 0.25) is 0 Å². The molecule has 0 spiro atoms. The van der Waals surface area contributed by atoms with E-state index in [4.69, 9.17) is 5.73 Å². The monoisotopic (exact) mass is 474 g/mol. The Hall–Kier alpha value is -4.02. The van der Waals surface area contributed by atoms with E-state index >= 15 is 0 Å². The topological polar surface area (TPSA) is 106 Å². The number of nitrogens with zero attached hydrogens (tertiary/aromatic N) is 6. The van der Waals surface area contributed by atoms with Gasteiger partial charge in [-0.15, -0.1) is 11.3 Å². The molecule has 3 heterocycles. The summed E-state index contributed by atoms with van der Waals surface area (Å²) in [4.78, 5) is 17.2. The lowest BCUT2D eigenvalue weighted by atomic mass is 10.2. The summed E-state index contributed by atoms with van der Waals surface area (Å²) in [6, 6.07) is 8.42. The van der Waals surface area contributed by atoms with Gasteiger partial charge in [-0.3, -0.25) is 9.67 Å². The highest BCUT2D eigenvalue weighted by atomic mass is 32.1.